The van der Waals surface area contributed by atoms with Gasteiger partial charge in [0.1, 0.15) is 0 Å². The predicted octanol–water partition coefficient (Wildman–Crippen LogP) is 2.60. The molecule has 2 aromatic rings. The van der Waals surface area contributed by atoms with Crippen LogP contribution in [-0.2, 0) is 16.6 Å². The third-order valence-corrected chi connectivity index (χ3v) is 6.19. The molecule has 1 aliphatic heterocycles. The van der Waals surface area contributed by atoms with Crippen molar-refractivity contribution in [3.63, 3.8) is 0 Å². The molecule has 0 saturated carbocycles. The van der Waals surface area contributed by atoms with E-state index in [9.17, 15) is 13.2 Å². The zero-order chi connectivity index (χ0) is 17.9. The summed E-state index contributed by atoms with van der Waals surface area (Å²) < 4.78 is 25.8. The van der Waals surface area contributed by atoms with E-state index in [1.807, 2.05) is 6.07 Å². The van der Waals surface area contributed by atoms with Gasteiger partial charge in [-0.25, -0.2) is 8.42 Å². The van der Waals surface area contributed by atoms with E-state index in [0.717, 1.165) is 12.1 Å². The molecule has 1 fully saturated rings. The zero-order valence-corrected chi connectivity index (χ0v) is 15.1. The van der Waals surface area contributed by atoms with Gasteiger partial charge in [0, 0.05) is 12.7 Å². The van der Waals surface area contributed by atoms with Gasteiger partial charge in [0.15, 0.2) is 0 Å². The second-order valence-corrected chi connectivity index (χ2v) is 8.18. The standard InChI is InChI=1S/C17H18ClN3O3S/c18-16-7-6-14(21-9-3-4-10-25(21,23)24)11-15(16)17(22)20-12-13-5-1-2-8-19-13/h1-2,5-8,11H,3-4,9-10,12H2,(H,20,22). The maximum atomic E-state index is 12.4. The lowest BCUT2D eigenvalue weighted by molar-refractivity contribution is 0.0950. The SMILES string of the molecule is O=C(NCc1ccccn1)c1cc(N2CCCCS2(=O)=O)ccc1Cl. The first-order valence-electron chi connectivity index (χ1n) is 7.95. The third kappa shape index (κ3) is 4.11. The van der Waals surface area contributed by atoms with Gasteiger partial charge in [0.2, 0.25) is 10.0 Å². The Labute approximate surface area is 151 Å². The zero-order valence-electron chi connectivity index (χ0n) is 13.5. The molecule has 132 valence electrons. The highest BCUT2D eigenvalue weighted by Gasteiger charge is 2.27. The van der Waals surface area contributed by atoms with Crippen molar-refractivity contribution in [2.75, 3.05) is 16.6 Å². The van der Waals surface area contributed by atoms with Gasteiger partial charge in [-0.15, -0.1) is 0 Å². The van der Waals surface area contributed by atoms with E-state index in [4.69, 9.17) is 11.6 Å². The molecule has 0 radical (unpaired) electrons. The lowest BCUT2D eigenvalue weighted by Crippen LogP contribution is -2.38. The van der Waals surface area contributed by atoms with Crippen molar-refractivity contribution in [2.24, 2.45) is 0 Å². The normalized spacial score (nSPS) is 16.4. The second kappa shape index (κ2) is 7.41. The summed E-state index contributed by atoms with van der Waals surface area (Å²) in [4.78, 5) is 16.6. The molecule has 1 N–H and O–H groups in total. The molecule has 3 rings (SSSR count). The van der Waals surface area contributed by atoms with Crippen LogP contribution in [0.4, 0.5) is 5.69 Å². The Morgan fingerprint density at radius 3 is 2.80 bits per heavy atom. The molecule has 1 saturated heterocycles. The highest BCUT2D eigenvalue weighted by atomic mass is 35.5. The van der Waals surface area contributed by atoms with Gasteiger partial charge in [-0.05, 0) is 43.2 Å². The maximum Gasteiger partial charge on any atom is 0.253 e. The highest BCUT2D eigenvalue weighted by molar-refractivity contribution is 7.92. The van der Waals surface area contributed by atoms with E-state index in [1.165, 1.54) is 10.4 Å². The van der Waals surface area contributed by atoms with Crippen molar-refractivity contribution < 1.29 is 13.2 Å². The Morgan fingerprint density at radius 2 is 2.08 bits per heavy atom. The molecule has 0 bridgehead atoms. The van der Waals surface area contributed by atoms with Crippen LogP contribution in [0.5, 0.6) is 0 Å². The summed E-state index contributed by atoms with van der Waals surface area (Å²) in [6, 6.07) is 10.1. The number of hydrogen-bond acceptors (Lipinski definition) is 4. The summed E-state index contributed by atoms with van der Waals surface area (Å²) in [5.41, 5.74) is 1.43. The van der Waals surface area contributed by atoms with Crippen molar-refractivity contribution in [3.8, 4) is 0 Å². The first kappa shape index (κ1) is 17.7. The van der Waals surface area contributed by atoms with E-state index in [-0.39, 0.29) is 28.8 Å². The molecular formula is C17H18ClN3O3S. The van der Waals surface area contributed by atoms with E-state index in [1.54, 1.807) is 30.5 Å². The Morgan fingerprint density at radius 1 is 1.24 bits per heavy atom. The molecule has 1 amide bonds. The molecule has 0 aliphatic carbocycles. The summed E-state index contributed by atoms with van der Waals surface area (Å²) in [6.07, 6.45) is 3.10. The average molecular weight is 380 g/mol. The van der Waals surface area contributed by atoms with Crippen LogP contribution in [0.1, 0.15) is 28.9 Å². The largest absolute Gasteiger partial charge is 0.346 e. The number of rotatable bonds is 4. The summed E-state index contributed by atoms with van der Waals surface area (Å²) >= 11 is 6.14. The molecule has 1 aliphatic rings. The fourth-order valence-corrected chi connectivity index (χ4v) is 4.52. The Bertz CT molecular complexity index is 872. The quantitative estimate of drug-likeness (QED) is 0.885. The van der Waals surface area contributed by atoms with Crippen LogP contribution in [0.15, 0.2) is 42.6 Å². The predicted molar refractivity (Wildman–Crippen MR) is 97.2 cm³/mol. The average Bonchev–Trinajstić information content (AvgIpc) is 2.61. The number of amides is 1. The van der Waals surface area contributed by atoms with E-state index < -0.39 is 10.0 Å². The molecule has 0 spiro atoms. The number of anilines is 1. The van der Waals surface area contributed by atoms with Gasteiger partial charge in [-0.2, -0.15) is 0 Å². The van der Waals surface area contributed by atoms with Crippen LogP contribution in [0, 0.1) is 0 Å². The lowest BCUT2D eigenvalue weighted by Gasteiger charge is -2.28. The van der Waals surface area contributed by atoms with Gasteiger partial charge >= 0.3 is 0 Å². The van der Waals surface area contributed by atoms with Gasteiger partial charge in [-0.3, -0.25) is 14.1 Å². The van der Waals surface area contributed by atoms with Crippen LogP contribution in [0.2, 0.25) is 5.02 Å². The lowest BCUT2D eigenvalue weighted by atomic mass is 10.1. The number of carbonyl (C=O) groups is 1. The monoisotopic (exact) mass is 379 g/mol. The second-order valence-electron chi connectivity index (χ2n) is 5.76. The van der Waals surface area contributed by atoms with Crippen molar-refractivity contribution in [2.45, 2.75) is 19.4 Å². The van der Waals surface area contributed by atoms with Crippen LogP contribution < -0.4 is 9.62 Å². The molecule has 0 unspecified atom stereocenters. The van der Waals surface area contributed by atoms with E-state index in [2.05, 4.69) is 10.3 Å². The first-order chi connectivity index (χ1) is 12.0. The maximum absolute atomic E-state index is 12.4. The molecule has 6 nitrogen and oxygen atoms in total. The molecule has 0 atom stereocenters. The summed E-state index contributed by atoms with van der Waals surface area (Å²) in [5, 5.41) is 3.03. The number of halogens is 1. The number of pyridine rings is 1. The van der Waals surface area contributed by atoms with Gasteiger partial charge in [0.05, 0.1) is 34.3 Å². The minimum atomic E-state index is -3.34. The van der Waals surface area contributed by atoms with E-state index >= 15 is 0 Å². The van der Waals surface area contributed by atoms with Crippen LogP contribution in [0.25, 0.3) is 0 Å². The molecular weight excluding hydrogens is 362 g/mol. The molecule has 2 heterocycles. The summed E-state index contributed by atoms with van der Waals surface area (Å²) in [7, 11) is -3.34. The van der Waals surface area contributed by atoms with Crippen molar-refractivity contribution in [3.05, 3.63) is 58.9 Å². The summed E-state index contributed by atoms with van der Waals surface area (Å²) in [5.74, 6) is -0.247. The van der Waals surface area contributed by atoms with Crippen molar-refractivity contribution in [1.82, 2.24) is 10.3 Å². The molecule has 8 heteroatoms. The summed E-state index contributed by atoms with van der Waals surface area (Å²) in [6.45, 7) is 0.682. The van der Waals surface area contributed by atoms with Crippen molar-refractivity contribution in [1.29, 1.82) is 0 Å². The number of carbonyl (C=O) groups excluding carboxylic acids is 1. The number of nitrogens with zero attached hydrogens (tertiary/aromatic N) is 2. The fraction of sp³-hybridized carbons (Fsp3) is 0.294. The van der Waals surface area contributed by atoms with Crippen LogP contribution in [0.3, 0.4) is 0 Å². The molecule has 25 heavy (non-hydrogen) atoms. The number of nitrogens with one attached hydrogen (secondary N) is 1. The number of aromatic nitrogens is 1. The van der Waals surface area contributed by atoms with Gasteiger partial charge in [-0.1, -0.05) is 17.7 Å². The minimum absolute atomic E-state index is 0.122. The Balaban J connectivity index is 1.80. The number of sulfonamides is 1. The third-order valence-electron chi connectivity index (χ3n) is 3.99. The van der Waals surface area contributed by atoms with Crippen LogP contribution in [-0.4, -0.2) is 31.6 Å². The first-order valence-corrected chi connectivity index (χ1v) is 9.94. The molecule has 1 aromatic carbocycles. The number of benzene rings is 1. The van der Waals surface area contributed by atoms with Crippen molar-refractivity contribution >= 4 is 33.2 Å². The molecule has 1 aromatic heterocycles. The van der Waals surface area contributed by atoms with E-state index in [0.29, 0.717) is 18.7 Å². The Hall–Kier alpha value is -2.12. The topological polar surface area (TPSA) is 79.4 Å². The number of hydrogen-bond donors (Lipinski definition) is 1. The Kier molecular flexibility index (Phi) is 5.24. The van der Waals surface area contributed by atoms with Gasteiger partial charge < -0.3 is 5.32 Å². The van der Waals surface area contributed by atoms with Crippen LogP contribution >= 0.6 is 11.6 Å². The van der Waals surface area contributed by atoms with Gasteiger partial charge in [0.25, 0.3) is 5.91 Å². The minimum Gasteiger partial charge on any atom is -0.346 e. The highest BCUT2D eigenvalue weighted by Crippen LogP contribution is 2.28. The smallest absolute Gasteiger partial charge is 0.253 e. The fourth-order valence-electron chi connectivity index (χ4n) is 2.69.